The first kappa shape index (κ1) is 13.7. The molecule has 0 spiro atoms. The molecular formula is C16H18N4O. The molecule has 1 amide bonds. The van der Waals surface area contributed by atoms with E-state index in [1.807, 2.05) is 12.1 Å². The van der Waals surface area contributed by atoms with Crippen molar-refractivity contribution in [3.8, 4) is 11.3 Å². The van der Waals surface area contributed by atoms with Crippen LogP contribution >= 0.6 is 0 Å². The lowest BCUT2D eigenvalue weighted by molar-refractivity contribution is -0.122. The molecule has 2 aromatic heterocycles. The number of piperidine rings is 1. The Morgan fingerprint density at radius 3 is 2.67 bits per heavy atom. The van der Waals surface area contributed by atoms with Gasteiger partial charge in [0.1, 0.15) is 0 Å². The molecule has 0 unspecified atom stereocenters. The highest BCUT2D eigenvalue weighted by Gasteiger charge is 2.32. The van der Waals surface area contributed by atoms with Crippen LogP contribution in [-0.4, -0.2) is 27.4 Å². The minimum atomic E-state index is 0.0800. The molecule has 0 saturated carbocycles. The highest BCUT2D eigenvalue weighted by Crippen LogP contribution is 2.32. The van der Waals surface area contributed by atoms with E-state index in [0.29, 0.717) is 18.8 Å². The topological polar surface area (TPSA) is 59.0 Å². The summed E-state index contributed by atoms with van der Waals surface area (Å²) in [5.41, 5.74) is 1.76. The summed E-state index contributed by atoms with van der Waals surface area (Å²) in [6.07, 6.45) is 8.36. The van der Waals surface area contributed by atoms with Crippen LogP contribution in [0.2, 0.25) is 0 Å². The van der Waals surface area contributed by atoms with Crippen LogP contribution < -0.4 is 4.90 Å². The molecule has 3 heterocycles. The Morgan fingerprint density at radius 2 is 2.05 bits per heavy atom. The average molecular weight is 282 g/mol. The molecule has 1 aliphatic heterocycles. The van der Waals surface area contributed by atoms with Gasteiger partial charge in [-0.05, 0) is 24.0 Å². The Kier molecular flexibility index (Phi) is 3.41. The molecule has 0 atom stereocenters. The van der Waals surface area contributed by atoms with E-state index in [4.69, 9.17) is 0 Å². The zero-order valence-corrected chi connectivity index (χ0v) is 12.3. The molecule has 5 nitrogen and oxygen atoms in total. The van der Waals surface area contributed by atoms with Crippen LogP contribution in [0.1, 0.15) is 26.7 Å². The summed E-state index contributed by atoms with van der Waals surface area (Å²) in [4.78, 5) is 26.8. The van der Waals surface area contributed by atoms with Gasteiger partial charge in [-0.1, -0.05) is 13.8 Å². The van der Waals surface area contributed by atoms with E-state index >= 15 is 0 Å². The normalized spacial score (nSPS) is 17.8. The van der Waals surface area contributed by atoms with Crippen LogP contribution in [0.3, 0.4) is 0 Å². The van der Waals surface area contributed by atoms with Crippen LogP contribution in [0.4, 0.5) is 5.82 Å². The molecule has 0 N–H and O–H groups in total. The highest BCUT2D eigenvalue weighted by atomic mass is 16.2. The van der Waals surface area contributed by atoms with E-state index in [1.165, 1.54) is 0 Å². The highest BCUT2D eigenvalue weighted by molar-refractivity contribution is 5.93. The number of carbonyl (C=O) groups is 1. The van der Waals surface area contributed by atoms with Gasteiger partial charge in [-0.3, -0.25) is 19.7 Å². The zero-order valence-electron chi connectivity index (χ0n) is 12.3. The summed E-state index contributed by atoms with van der Waals surface area (Å²) in [7, 11) is 0. The number of anilines is 1. The average Bonchev–Trinajstić information content (AvgIpc) is 2.48. The molecule has 2 aromatic rings. The number of rotatable bonds is 2. The Balaban J connectivity index is 1.80. The van der Waals surface area contributed by atoms with Crippen molar-refractivity contribution < 1.29 is 4.79 Å². The third kappa shape index (κ3) is 2.91. The molecule has 0 aliphatic carbocycles. The Bertz CT molecular complexity index is 637. The van der Waals surface area contributed by atoms with Crippen molar-refractivity contribution in [3.63, 3.8) is 0 Å². The SMILES string of the molecule is CC1(C)CCN(c2cnc(-c3cccnc3)cn2)C(=O)C1. The lowest BCUT2D eigenvalue weighted by Gasteiger charge is -2.35. The number of pyridine rings is 1. The van der Waals surface area contributed by atoms with Gasteiger partial charge in [0.2, 0.25) is 5.91 Å². The fourth-order valence-corrected chi connectivity index (χ4v) is 2.50. The predicted octanol–water partition coefficient (Wildman–Crippen LogP) is 2.69. The molecule has 3 rings (SSSR count). The van der Waals surface area contributed by atoms with Gasteiger partial charge in [-0.2, -0.15) is 0 Å². The molecule has 5 heteroatoms. The van der Waals surface area contributed by atoms with Crippen molar-refractivity contribution in [2.75, 3.05) is 11.4 Å². The molecule has 0 radical (unpaired) electrons. The Morgan fingerprint density at radius 1 is 1.19 bits per heavy atom. The van der Waals surface area contributed by atoms with Crippen LogP contribution in [0.15, 0.2) is 36.9 Å². The van der Waals surface area contributed by atoms with Crippen LogP contribution in [0.5, 0.6) is 0 Å². The summed E-state index contributed by atoms with van der Waals surface area (Å²) in [5.74, 6) is 0.748. The molecule has 21 heavy (non-hydrogen) atoms. The quantitative estimate of drug-likeness (QED) is 0.849. The van der Waals surface area contributed by atoms with Gasteiger partial charge < -0.3 is 0 Å². The second-order valence-electron chi connectivity index (χ2n) is 6.14. The van der Waals surface area contributed by atoms with Crippen LogP contribution in [0.25, 0.3) is 11.3 Å². The molecule has 1 fully saturated rings. The van der Waals surface area contributed by atoms with Gasteiger partial charge in [0.25, 0.3) is 0 Å². The fourth-order valence-electron chi connectivity index (χ4n) is 2.50. The van der Waals surface area contributed by atoms with Crippen LogP contribution in [-0.2, 0) is 4.79 Å². The third-order valence-corrected chi connectivity index (χ3v) is 3.82. The summed E-state index contributed by atoms with van der Waals surface area (Å²) in [6, 6.07) is 3.80. The number of hydrogen-bond donors (Lipinski definition) is 0. The zero-order chi connectivity index (χ0) is 14.9. The van der Waals surface area contributed by atoms with Gasteiger partial charge >= 0.3 is 0 Å². The first-order valence-electron chi connectivity index (χ1n) is 7.08. The van der Waals surface area contributed by atoms with Crippen molar-refractivity contribution in [1.29, 1.82) is 0 Å². The maximum atomic E-state index is 12.2. The number of hydrogen-bond acceptors (Lipinski definition) is 4. The molecule has 0 aromatic carbocycles. The van der Waals surface area contributed by atoms with Gasteiger partial charge in [0.05, 0.1) is 18.1 Å². The number of nitrogens with zero attached hydrogens (tertiary/aromatic N) is 4. The minimum Gasteiger partial charge on any atom is -0.296 e. The van der Waals surface area contributed by atoms with Crippen molar-refractivity contribution >= 4 is 11.7 Å². The van der Waals surface area contributed by atoms with E-state index in [9.17, 15) is 4.79 Å². The summed E-state index contributed by atoms with van der Waals surface area (Å²) in [5, 5.41) is 0. The maximum absolute atomic E-state index is 12.2. The molecule has 1 saturated heterocycles. The lowest BCUT2D eigenvalue weighted by Crippen LogP contribution is -2.42. The summed E-state index contributed by atoms with van der Waals surface area (Å²) in [6.45, 7) is 4.95. The van der Waals surface area contributed by atoms with Gasteiger partial charge in [-0.25, -0.2) is 4.98 Å². The van der Waals surface area contributed by atoms with Gasteiger partial charge in [-0.15, -0.1) is 0 Å². The molecule has 0 bridgehead atoms. The van der Waals surface area contributed by atoms with E-state index in [1.54, 1.807) is 29.7 Å². The second kappa shape index (κ2) is 5.24. The summed E-state index contributed by atoms with van der Waals surface area (Å²) < 4.78 is 0. The standard InChI is InChI=1S/C16H18N4O/c1-16(2)5-7-20(15(21)8-16)14-11-18-13(10-19-14)12-4-3-6-17-9-12/h3-4,6,9-11H,5,7-8H2,1-2H3. The van der Waals surface area contributed by atoms with Gasteiger partial charge in [0.15, 0.2) is 5.82 Å². The first-order valence-corrected chi connectivity index (χ1v) is 7.08. The monoisotopic (exact) mass is 282 g/mol. The van der Waals surface area contributed by atoms with Crippen molar-refractivity contribution in [1.82, 2.24) is 15.0 Å². The number of aromatic nitrogens is 3. The fraction of sp³-hybridized carbons (Fsp3) is 0.375. The van der Waals surface area contributed by atoms with Crippen LogP contribution in [0, 0.1) is 5.41 Å². The van der Waals surface area contributed by atoms with E-state index in [0.717, 1.165) is 17.7 Å². The van der Waals surface area contributed by atoms with E-state index in [2.05, 4.69) is 28.8 Å². The minimum absolute atomic E-state index is 0.0800. The van der Waals surface area contributed by atoms with Crippen molar-refractivity contribution in [2.45, 2.75) is 26.7 Å². The maximum Gasteiger partial charge on any atom is 0.228 e. The van der Waals surface area contributed by atoms with E-state index in [-0.39, 0.29) is 11.3 Å². The number of amides is 1. The summed E-state index contributed by atoms with van der Waals surface area (Å²) >= 11 is 0. The largest absolute Gasteiger partial charge is 0.296 e. The first-order chi connectivity index (χ1) is 10.1. The predicted molar refractivity (Wildman–Crippen MR) is 80.6 cm³/mol. The van der Waals surface area contributed by atoms with Crippen molar-refractivity contribution in [2.24, 2.45) is 5.41 Å². The molecular weight excluding hydrogens is 264 g/mol. The number of carbonyl (C=O) groups excluding carboxylic acids is 1. The Labute approximate surface area is 124 Å². The lowest BCUT2D eigenvalue weighted by atomic mass is 9.82. The second-order valence-corrected chi connectivity index (χ2v) is 6.14. The molecule has 108 valence electrons. The smallest absolute Gasteiger partial charge is 0.228 e. The third-order valence-electron chi connectivity index (χ3n) is 3.82. The van der Waals surface area contributed by atoms with Crippen molar-refractivity contribution in [3.05, 3.63) is 36.9 Å². The molecule has 1 aliphatic rings. The van der Waals surface area contributed by atoms with E-state index < -0.39 is 0 Å². The Hall–Kier alpha value is -2.30. The van der Waals surface area contributed by atoms with Gasteiger partial charge in [0, 0.05) is 30.9 Å².